The average Bonchev–Trinajstić information content (AvgIpc) is 2.83. The van der Waals surface area contributed by atoms with Crippen molar-refractivity contribution in [2.45, 2.75) is 26.8 Å². The molecule has 1 aromatic heterocycles. The lowest BCUT2D eigenvalue weighted by Crippen LogP contribution is -1.99. The van der Waals surface area contributed by atoms with E-state index in [9.17, 15) is 10.1 Å². The lowest BCUT2D eigenvalue weighted by molar-refractivity contribution is -0.384. The number of hydrogen-bond acceptors (Lipinski definition) is 6. The van der Waals surface area contributed by atoms with E-state index in [1.54, 1.807) is 23.5 Å². The van der Waals surface area contributed by atoms with Crippen molar-refractivity contribution in [2.75, 3.05) is 5.32 Å². The van der Waals surface area contributed by atoms with Crippen molar-refractivity contribution >= 4 is 22.2 Å². The van der Waals surface area contributed by atoms with Crippen molar-refractivity contribution < 1.29 is 4.92 Å². The fraction of sp³-hybridized carbons (Fsp3) is 0.385. The highest BCUT2D eigenvalue weighted by Gasteiger charge is 2.07. The fourth-order valence-electron chi connectivity index (χ4n) is 1.67. The third kappa shape index (κ3) is 3.99. The molecule has 2 rings (SSSR count). The molecule has 0 radical (unpaired) electrons. The van der Waals surface area contributed by atoms with Gasteiger partial charge in [0.1, 0.15) is 5.01 Å². The predicted octanol–water partition coefficient (Wildman–Crippen LogP) is 3.26. The van der Waals surface area contributed by atoms with E-state index in [2.05, 4.69) is 29.4 Å². The number of non-ortho nitro benzene ring substituents is 1. The largest absolute Gasteiger partial charge is 0.356 e. The standard InChI is InChI=1S/C13H16N4O2S/c1-9(2)7-12-15-16-13(20-12)14-8-10-3-5-11(6-4-10)17(18)19/h3-6,9H,7-8H2,1-2H3,(H,14,16). The first-order valence-corrected chi connectivity index (χ1v) is 7.16. The summed E-state index contributed by atoms with van der Waals surface area (Å²) in [6.45, 7) is 4.87. The van der Waals surface area contributed by atoms with Gasteiger partial charge in [-0.25, -0.2) is 0 Å². The number of nitro groups is 1. The van der Waals surface area contributed by atoms with Crippen LogP contribution in [0.25, 0.3) is 0 Å². The van der Waals surface area contributed by atoms with Gasteiger partial charge in [-0.05, 0) is 11.5 Å². The molecule has 0 fully saturated rings. The molecule has 0 aliphatic rings. The number of rotatable bonds is 6. The number of anilines is 1. The second-order valence-electron chi connectivity index (χ2n) is 4.88. The van der Waals surface area contributed by atoms with Crippen LogP contribution in [0.15, 0.2) is 24.3 Å². The van der Waals surface area contributed by atoms with Crippen molar-refractivity contribution in [1.29, 1.82) is 0 Å². The summed E-state index contributed by atoms with van der Waals surface area (Å²) in [5.74, 6) is 0.561. The van der Waals surface area contributed by atoms with Crippen molar-refractivity contribution in [3.8, 4) is 0 Å². The zero-order valence-electron chi connectivity index (χ0n) is 11.4. The number of nitrogens with zero attached hydrogens (tertiary/aromatic N) is 3. The smallest absolute Gasteiger partial charge is 0.269 e. The predicted molar refractivity (Wildman–Crippen MR) is 78.9 cm³/mol. The third-order valence-electron chi connectivity index (χ3n) is 2.64. The Morgan fingerprint density at radius 1 is 1.30 bits per heavy atom. The van der Waals surface area contributed by atoms with Crippen LogP contribution in [0.1, 0.15) is 24.4 Å². The first kappa shape index (κ1) is 14.4. The van der Waals surface area contributed by atoms with E-state index in [0.717, 1.165) is 22.1 Å². The highest BCUT2D eigenvalue weighted by Crippen LogP contribution is 2.19. The molecule has 20 heavy (non-hydrogen) atoms. The lowest BCUT2D eigenvalue weighted by Gasteiger charge is -2.02. The summed E-state index contributed by atoms with van der Waals surface area (Å²) in [7, 11) is 0. The normalized spacial score (nSPS) is 10.8. The number of benzene rings is 1. The molecule has 7 heteroatoms. The van der Waals surface area contributed by atoms with Crippen LogP contribution < -0.4 is 5.32 Å². The summed E-state index contributed by atoms with van der Waals surface area (Å²) < 4.78 is 0. The van der Waals surface area contributed by atoms with Gasteiger partial charge in [-0.3, -0.25) is 10.1 Å². The molecule has 0 saturated heterocycles. The molecule has 0 amide bonds. The summed E-state index contributed by atoms with van der Waals surface area (Å²) in [4.78, 5) is 10.2. The Kier molecular flexibility index (Phi) is 4.62. The van der Waals surface area contributed by atoms with Crippen molar-refractivity contribution in [2.24, 2.45) is 5.92 Å². The van der Waals surface area contributed by atoms with Gasteiger partial charge >= 0.3 is 0 Å². The van der Waals surface area contributed by atoms with Gasteiger partial charge in [-0.2, -0.15) is 0 Å². The van der Waals surface area contributed by atoms with E-state index in [0.29, 0.717) is 12.5 Å². The van der Waals surface area contributed by atoms with Crippen LogP contribution in [-0.2, 0) is 13.0 Å². The molecule has 2 aromatic rings. The minimum Gasteiger partial charge on any atom is -0.356 e. The van der Waals surface area contributed by atoms with Gasteiger partial charge in [0.05, 0.1) is 4.92 Å². The molecule has 1 N–H and O–H groups in total. The molecule has 106 valence electrons. The second-order valence-corrected chi connectivity index (χ2v) is 5.94. The Labute approximate surface area is 121 Å². The van der Waals surface area contributed by atoms with Crippen molar-refractivity contribution in [3.05, 3.63) is 45.0 Å². The van der Waals surface area contributed by atoms with Gasteiger partial charge in [0.25, 0.3) is 5.69 Å². The first-order chi connectivity index (χ1) is 9.54. The minimum absolute atomic E-state index is 0.101. The molecule has 0 unspecified atom stereocenters. The van der Waals surface area contributed by atoms with Crippen LogP contribution in [0.4, 0.5) is 10.8 Å². The summed E-state index contributed by atoms with van der Waals surface area (Å²) >= 11 is 1.55. The Morgan fingerprint density at radius 3 is 2.60 bits per heavy atom. The molecule has 1 aromatic carbocycles. The molecule has 0 spiro atoms. The lowest BCUT2D eigenvalue weighted by atomic mass is 10.1. The molecule has 6 nitrogen and oxygen atoms in total. The zero-order valence-corrected chi connectivity index (χ0v) is 12.2. The van der Waals surface area contributed by atoms with Gasteiger partial charge in [0.15, 0.2) is 0 Å². The van der Waals surface area contributed by atoms with Gasteiger partial charge in [0, 0.05) is 25.1 Å². The van der Waals surface area contributed by atoms with Crippen molar-refractivity contribution in [3.63, 3.8) is 0 Å². The Bertz CT molecular complexity index is 580. The van der Waals surface area contributed by atoms with Crippen LogP contribution in [0.3, 0.4) is 0 Å². The van der Waals surface area contributed by atoms with E-state index >= 15 is 0 Å². The first-order valence-electron chi connectivity index (χ1n) is 6.34. The quantitative estimate of drug-likeness (QED) is 0.653. The molecular weight excluding hydrogens is 276 g/mol. The van der Waals surface area contributed by atoms with E-state index in [-0.39, 0.29) is 5.69 Å². The molecule has 0 aliphatic heterocycles. The molecule has 1 heterocycles. The van der Waals surface area contributed by atoms with Crippen LogP contribution in [0.2, 0.25) is 0 Å². The maximum absolute atomic E-state index is 10.6. The topological polar surface area (TPSA) is 81.0 Å². The highest BCUT2D eigenvalue weighted by molar-refractivity contribution is 7.15. The third-order valence-corrected chi connectivity index (χ3v) is 3.54. The van der Waals surface area contributed by atoms with Gasteiger partial charge < -0.3 is 5.32 Å². The maximum Gasteiger partial charge on any atom is 0.269 e. The maximum atomic E-state index is 10.6. The highest BCUT2D eigenvalue weighted by atomic mass is 32.1. The van der Waals surface area contributed by atoms with Gasteiger partial charge in [-0.1, -0.05) is 37.3 Å². The van der Waals surface area contributed by atoms with E-state index < -0.39 is 4.92 Å². The Balaban J connectivity index is 1.91. The van der Waals surface area contributed by atoms with Gasteiger partial charge in [0.2, 0.25) is 5.13 Å². The summed E-state index contributed by atoms with van der Waals surface area (Å²) in [5, 5.41) is 23.7. The second kappa shape index (κ2) is 6.42. The monoisotopic (exact) mass is 292 g/mol. The van der Waals surface area contributed by atoms with Crippen molar-refractivity contribution in [1.82, 2.24) is 10.2 Å². The zero-order chi connectivity index (χ0) is 14.5. The molecule has 0 aliphatic carbocycles. The number of nitro benzene ring substituents is 1. The molecule has 0 bridgehead atoms. The molecule has 0 atom stereocenters. The minimum atomic E-state index is -0.403. The van der Waals surface area contributed by atoms with Crippen LogP contribution in [0, 0.1) is 16.0 Å². The van der Waals surface area contributed by atoms with Crippen LogP contribution >= 0.6 is 11.3 Å². The van der Waals surface area contributed by atoms with Gasteiger partial charge in [-0.15, -0.1) is 10.2 Å². The van der Waals surface area contributed by atoms with Crippen LogP contribution in [0.5, 0.6) is 0 Å². The molecular formula is C13H16N4O2S. The number of hydrogen-bond donors (Lipinski definition) is 1. The number of aromatic nitrogens is 2. The fourth-order valence-corrected chi connectivity index (χ4v) is 2.62. The SMILES string of the molecule is CC(C)Cc1nnc(NCc2ccc([N+](=O)[O-])cc2)s1. The summed E-state index contributed by atoms with van der Waals surface area (Å²) in [6.07, 6.45) is 0.927. The Hall–Kier alpha value is -2.02. The van der Waals surface area contributed by atoms with E-state index in [4.69, 9.17) is 0 Å². The average molecular weight is 292 g/mol. The Morgan fingerprint density at radius 2 is 2.00 bits per heavy atom. The van der Waals surface area contributed by atoms with E-state index in [1.807, 2.05) is 0 Å². The van der Waals surface area contributed by atoms with Crippen LogP contribution in [-0.4, -0.2) is 15.1 Å². The summed E-state index contributed by atoms with van der Waals surface area (Å²) in [5.41, 5.74) is 1.07. The summed E-state index contributed by atoms with van der Waals surface area (Å²) in [6, 6.07) is 6.48. The number of nitrogens with one attached hydrogen (secondary N) is 1. The van der Waals surface area contributed by atoms with E-state index in [1.165, 1.54) is 12.1 Å². The molecule has 0 saturated carbocycles.